The van der Waals surface area contributed by atoms with E-state index in [1.165, 1.54) is 11.8 Å². The second kappa shape index (κ2) is 9.68. The molecular weight excluding hydrogens is 364 g/mol. The van der Waals surface area contributed by atoms with Gasteiger partial charge >= 0.3 is 5.97 Å². The second-order valence-electron chi connectivity index (χ2n) is 5.66. The largest absolute Gasteiger partial charge is 0.456 e. The zero-order valence-electron chi connectivity index (χ0n) is 14.0. The van der Waals surface area contributed by atoms with Gasteiger partial charge in [-0.1, -0.05) is 31.4 Å². The number of benzene rings is 1. The number of fused-ring (bicyclic) bond motifs is 1. The molecule has 1 aromatic rings. The van der Waals surface area contributed by atoms with Crippen LogP contribution in [-0.2, 0) is 19.1 Å². The Morgan fingerprint density at radius 1 is 1.36 bits per heavy atom. The number of unbranched alkanes of at least 4 members (excludes halogenated alkanes) is 2. The molecule has 2 rings (SSSR count). The Morgan fingerprint density at radius 3 is 2.92 bits per heavy atom. The normalized spacial score (nSPS) is 15.9. The van der Waals surface area contributed by atoms with Gasteiger partial charge in [-0.25, -0.2) is 0 Å². The third-order valence-electron chi connectivity index (χ3n) is 3.58. The SMILES string of the molecule is CCCCCNC(=O)COC(=O)CC1Sc2ccc(Cl)cc2NC1=O. The van der Waals surface area contributed by atoms with Gasteiger partial charge in [0.15, 0.2) is 6.61 Å². The number of amides is 2. The zero-order valence-corrected chi connectivity index (χ0v) is 15.5. The summed E-state index contributed by atoms with van der Waals surface area (Å²) in [4.78, 5) is 36.4. The number of halogens is 1. The summed E-state index contributed by atoms with van der Waals surface area (Å²) in [6, 6.07) is 5.19. The van der Waals surface area contributed by atoms with Crippen LogP contribution in [0.2, 0.25) is 5.02 Å². The minimum atomic E-state index is -0.589. The molecule has 1 atom stereocenters. The molecule has 6 nitrogen and oxygen atoms in total. The van der Waals surface area contributed by atoms with Crippen molar-refractivity contribution in [3.05, 3.63) is 23.2 Å². The predicted molar refractivity (Wildman–Crippen MR) is 97.8 cm³/mol. The van der Waals surface area contributed by atoms with Gasteiger partial charge in [-0.3, -0.25) is 14.4 Å². The van der Waals surface area contributed by atoms with Crippen LogP contribution in [0.25, 0.3) is 0 Å². The summed E-state index contributed by atoms with van der Waals surface area (Å²) in [6.07, 6.45) is 2.92. The Labute approximate surface area is 156 Å². The molecule has 1 aliphatic heterocycles. The summed E-state index contributed by atoms with van der Waals surface area (Å²) in [7, 11) is 0. The van der Waals surface area contributed by atoms with Crippen LogP contribution >= 0.6 is 23.4 Å². The van der Waals surface area contributed by atoms with Crippen molar-refractivity contribution in [2.45, 2.75) is 42.8 Å². The molecule has 0 saturated heterocycles. The van der Waals surface area contributed by atoms with E-state index in [4.69, 9.17) is 16.3 Å². The third kappa shape index (κ3) is 6.25. The zero-order chi connectivity index (χ0) is 18.2. The van der Waals surface area contributed by atoms with Crippen LogP contribution in [0.4, 0.5) is 5.69 Å². The van der Waals surface area contributed by atoms with Crippen molar-refractivity contribution in [2.24, 2.45) is 0 Å². The van der Waals surface area contributed by atoms with Crippen molar-refractivity contribution in [3.63, 3.8) is 0 Å². The number of esters is 1. The van der Waals surface area contributed by atoms with Crippen LogP contribution in [0, 0.1) is 0 Å². The maximum absolute atomic E-state index is 12.1. The van der Waals surface area contributed by atoms with Crippen molar-refractivity contribution >= 4 is 46.8 Å². The van der Waals surface area contributed by atoms with Crippen molar-refractivity contribution in [3.8, 4) is 0 Å². The fourth-order valence-corrected chi connectivity index (χ4v) is 3.51. The molecule has 0 aromatic heterocycles. The molecule has 0 fully saturated rings. The second-order valence-corrected chi connectivity index (χ2v) is 7.34. The third-order valence-corrected chi connectivity index (χ3v) is 5.09. The van der Waals surface area contributed by atoms with Crippen LogP contribution < -0.4 is 10.6 Å². The summed E-state index contributed by atoms with van der Waals surface area (Å²) in [5.74, 6) is -1.18. The van der Waals surface area contributed by atoms with Gasteiger partial charge < -0.3 is 15.4 Å². The molecule has 0 radical (unpaired) electrons. The van der Waals surface area contributed by atoms with Gasteiger partial charge in [0.2, 0.25) is 5.91 Å². The van der Waals surface area contributed by atoms with Gasteiger partial charge in [0.05, 0.1) is 17.4 Å². The molecule has 1 heterocycles. The predicted octanol–water partition coefficient (Wildman–Crippen LogP) is 2.99. The van der Waals surface area contributed by atoms with Crippen LogP contribution in [0.5, 0.6) is 0 Å². The van der Waals surface area contributed by atoms with Crippen molar-refractivity contribution in [1.82, 2.24) is 5.32 Å². The van der Waals surface area contributed by atoms with Crippen LogP contribution in [0.3, 0.4) is 0 Å². The van der Waals surface area contributed by atoms with Gasteiger partial charge in [0.1, 0.15) is 0 Å². The molecule has 1 aliphatic rings. The summed E-state index contributed by atoms with van der Waals surface area (Å²) in [5.41, 5.74) is 0.638. The highest BCUT2D eigenvalue weighted by Gasteiger charge is 2.29. The van der Waals surface area contributed by atoms with E-state index in [-0.39, 0.29) is 24.8 Å². The number of hydrogen-bond donors (Lipinski definition) is 2. The molecule has 0 spiro atoms. The van der Waals surface area contributed by atoms with E-state index in [2.05, 4.69) is 17.6 Å². The Hall–Kier alpha value is -1.73. The first-order valence-electron chi connectivity index (χ1n) is 8.19. The molecule has 1 unspecified atom stereocenters. The van der Waals surface area contributed by atoms with Crippen molar-refractivity contribution in [2.75, 3.05) is 18.5 Å². The molecule has 25 heavy (non-hydrogen) atoms. The van der Waals surface area contributed by atoms with E-state index in [0.29, 0.717) is 17.3 Å². The number of thioether (sulfide) groups is 1. The minimum absolute atomic E-state index is 0.0956. The number of nitrogens with one attached hydrogen (secondary N) is 2. The molecule has 8 heteroatoms. The first-order chi connectivity index (χ1) is 12.0. The Kier molecular flexibility index (Phi) is 7.58. The van der Waals surface area contributed by atoms with Crippen LogP contribution in [0.1, 0.15) is 32.6 Å². The fraction of sp³-hybridized carbons (Fsp3) is 0.471. The molecule has 1 aromatic carbocycles. The van der Waals surface area contributed by atoms with E-state index in [1.54, 1.807) is 18.2 Å². The van der Waals surface area contributed by atoms with Crippen LogP contribution in [-0.4, -0.2) is 36.2 Å². The van der Waals surface area contributed by atoms with E-state index in [1.807, 2.05) is 0 Å². The summed E-state index contributed by atoms with van der Waals surface area (Å²) < 4.78 is 4.95. The van der Waals surface area contributed by atoms with Gasteiger partial charge in [-0.2, -0.15) is 0 Å². The first-order valence-corrected chi connectivity index (χ1v) is 9.44. The topological polar surface area (TPSA) is 84.5 Å². The Balaban J connectivity index is 1.76. The Morgan fingerprint density at radius 2 is 2.16 bits per heavy atom. The average Bonchev–Trinajstić information content (AvgIpc) is 2.58. The minimum Gasteiger partial charge on any atom is -0.456 e. The number of ether oxygens (including phenoxy) is 1. The lowest BCUT2D eigenvalue weighted by atomic mass is 10.2. The van der Waals surface area contributed by atoms with Gasteiger partial charge in [0.25, 0.3) is 5.91 Å². The lowest BCUT2D eigenvalue weighted by molar-refractivity contribution is -0.149. The van der Waals surface area contributed by atoms with Gasteiger partial charge in [0, 0.05) is 16.5 Å². The highest BCUT2D eigenvalue weighted by Crippen LogP contribution is 2.38. The van der Waals surface area contributed by atoms with Gasteiger partial charge in [-0.15, -0.1) is 11.8 Å². The van der Waals surface area contributed by atoms with E-state index in [9.17, 15) is 14.4 Å². The maximum Gasteiger partial charge on any atom is 0.307 e. The quantitative estimate of drug-likeness (QED) is 0.531. The number of anilines is 1. The summed E-state index contributed by atoms with van der Waals surface area (Å²) in [6.45, 7) is 2.33. The molecule has 2 amide bonds. The molecule has 0 saturated carbocycles. The van der Waals surface area contributed by atoms with Crippen LogP contribution in [0.15, 0.2) is 23.1 Å². The molecule has 136 valence electrons. The summed E-state index contributed by atoms with van der Waals surface area (Å²) in [5, 5.41) is 5.36. The smallest absolute Gasteiger partial charge is 0.307 e. The number of carbonyl (C=O) groups is 3. The molecular formula is C17H21ClN2O4S. The fourth-order valence-electron chi connectivity index (χ4n) is 2.27. The number of hydrogen-bond acceptors (Lipinski definition) is 5. The van der Waals surface area contributed by atoms with Gasteiger partial charge in [-0.05, 0) is 24.6 Å². The summed E-state index contributed by atoms with van der Waals surface area (Å²) >= 11 is 7.18. The lowest BCUT2D eigenvalue weighted by Crippen LogP contribution is -2.33. The number of carbonyl (C=O) groups excluding carboxylic acids is 3. The van der Waals surface area contributed by atoms with Crippen molar-refractivity contribution < 1.29 is 19.1 Å². The first kappa shape index (κ1) is 19.6. The van der Waals surface area contributed by atoms with Crippen molar-refractivity contribution in [1.29, 1.82) is 0 Å². The Bertz CT molecular complexity index is 654. The highest BCUT2D eigenvalue weighted by molar-refractivity contribution is 8.01. The molecule has 0 aliphatic carbocycles. The highest BCUT2D eigenvalue weighted by atomic mass is 35.5. The van der Waals surface area contributed by atoms with E-state index < -0.39 is 11.2 Å². The number of rotatable bonds is 8. The maximum atomic E-state index is 12.1. The average molecular weight is 385 g/mol. The van der Waals surface area contributed by atoms with E-state index in [0.717, 1.165) is 24.2 Å². The standard InChI is InChI=1S/C17H21ClN2O4S/c1-2-3-4-7-19-15(21)10-24-16(22)9-14-17(23)20-12-8-11(18)5-6-13(12)25-14/h5-6,8,14H,2-4,7,9-10H2,1H3,(H,19,21)(H,20,23). The monoisotopic (exact) mass is 384 g/mol. The van der Waals surface area contributed by atoms with E-state index >= 15 is 0 Å². The molecule has 2 N–H and O–H groups in total. The lowest BCUT2D eigenvalue weighted by Gasteiger charge is -2.23. The molecule has 0 bridgehead atoms.